The van der Waals surface area contributed by atoms with Gasteiger partial charge in [-0.15, -0.1) is 11.3 Å². The lowest BCUT2D eigenvalue weighted by Gasteiger charge is -2.37. The van der Waals surface area contributed by atoms with E-state index in [1.165, 1.54) is 11.3 Å². The molecular weight excluding hydrogens is 518 g/mol. The quantitative estimate of drug-likeness (QED) is 0.258. The number of nitrogens with one attached hydrogen (secondary N) is 1. The minimum atomic E-state index is -1.22. The highest BCUT2D eigenvalue weighted by Crippen LogP contribution is 2.25. The Kier molecular flexibility index (Phi) is 9.94. The van der Waals surface area contributed by atoms with Gasteiger partial charge in [-0.25, -0.2) is 14.6 Å². The van der Waals surface area contributed by atoms with Crippen LogP contribution in [-0.4, -0.2) is 74.4 Å². The average molecular weight is 560 g/mol. The Bertz CT molecular complexity index is 1110. The molecule has 0 atom stereocenters. The van der Waals surface area contributed by atoms with Gasteiger partial charge in [0, 0.05) is 50.9 Å². The van der Waals surface area contributed by atoms with Gasteiger partial charge in [-0.05, 0) is 45.9 Å². The summed E-state index contributed by atoms with van der Waals surface area (Å²) in [6, 6.07) is 9.33. The third-order valence-corrected chi connectivity index (χ3v) is 8.49. The number of piperazine rings is 1. The number of ether oxygens (including phenoxy) is 2. The van der Waals surface area contributed by atoms with Crippen LogP contribution < -0.4 is 10.2 Å². The second-order valence-corrected chi connectivity index (χ2v) is 18.2. The molecule has 11 heteroatoms. The first-order chi connectivity index (χ1) is 17.8. The number of carbonyl (C=O) groups excluding carboxylic acids is 2. The van der Waals surface area contributed by atoms with Crippen LogP contribution in [0.3, 0.4) is 0 Å². The number of amides is 2. The third-order valence-electron chi connectivity index (χ3n) is 5.93. The zero-order valence-corrected chi connectivity index (χ0v) is 25.5. The molecule has 1 saturated heterocycles. The fourth-order valence-corrected chi connectivity index (χ4v) is 5.25. The number of hydrogen-bond acceptors (Lipinski definition) is 7. The summed E-state index contributed by atoms with van der Waals surface area (Å²) in [7, 11) is -1.22. The minimum Gasteiger partial charge on any atom is -0.450 e. The molecule has 0 unspecified atom stereocenters. The standard InChI is InChI=1S/C27H41N5O4SSi/c1-20(29-26(34)36-27(2,3)4)31-12-14-32(15-13-31)22-10-8-21(9-11-22)23-19-37-24(30-23)18-28-25(33)35-16-17-38(5,6)7/h8-11,19H,12-18H2,1-7H3,(H,28,33). The van der Waals surface area contributed by atoms with Crippen LogP contribution in [0, 0.1) is 0 Å². The molecule has 1 aromatic carbocycles. The van der Waals surface area contributed by atoms with Crippen LogP contribution in [0.4, 0.5) is 15.3 Å². The van der Waals surface area contributed by atoms with Crippen molar-refractivity contribution in [2.45, 2.75) is 65.5 Å². The van der Waals surface area contributed by atoms with E-state index in [-0.39, 0.29) is 0 Å². The molecular formula is C27H41N5O4SSi. The SMILES string of the molecule is CC(=NC(=O)OC(C)(C)C)N1CCN(c2ccc(-c3csc(CNC(=O)OCC[Si](C)(C)C)n3)cc2)CC1. The fraction of sp³-hybridized carbons (Fsp3) is 0.556. The van der Waals surface area contributed by atoms with E-state index in [4.69, 9.17) is 9.47 Å². The van der Waals surface area contributed by atoms with Crippen LogP contribution in [0.15, 0.2) is 34.6 Å². The highest BCUT2D eigenvalue weighted by Gasteiger charge is 2.21. The van der Waals surface area contributed by atoms with Gasteiger partial charge in [-0.2, -0.15) is 4.99 Å². The molecule has 1 aliphatic rings. The molecule has 1 fully saturated rings. The molecule has 1 aromatic heterocycles. The molecule has 0 saturated carbocycles. The van der Waals surface area contributed by atoms with E-state index < -0.39 is 25.9 Å². The van der Waals surface area contributed by atoms with Crippen molar-refractivity contribution in [1.29, 1.82) is 0 Å². The Morgan fingerprint density at radius 3 is 2.37 bits per heavy atom. The zero-order chi connectivity index (χ0) is 27.9. The van der Waals surface area contributed by atoms with Crippen LogP contribution in [0.5, 0.6) is 0 Å². The maximum Gasteiger partial charge on any atom is 0.435 e. The van der Waals surface area contributed by atoms with E-state index in [1.807, 2.05) is 33.1 Å². The first-order valence-corrected chi connectivity index (χ1v) is 17.6. The number of hydrogen-bond donors (Lipinski definition) is 1. The van der Waals surface area contributed by atoms with Crippen molar-refractivity contribution < 1.29 is 19.1 Å². The molecule has 0 aliphatic carbocycles. The highest BCUT2D eigenvalue weighted by atomic mass is 32.1. The van der Waals surface area contributed by atoms with E-state index in [0.29, 0.717) is 19.0 Å². The highest BCUT2D eigenvalue weighted by molar-refractivity contribution is 7.09. The molecule has 3 rings (SSSR count). The lowest BCUT2D eigenvalue weighted by atomic mass is 10.1. The van der Waals surface area contributed by atoms with Gasteiger partial charge in [0.25, 0.3) is 0 Å². The third kappa shape index (κ3) is 9.75. The van der Waals surface area contributed by atoms with Gasteiger partial charge in [0.05, 0.1) is 18.8 Å². The Balaban J connectivity index is 1.47. The summed E-state index contributed by atoms with van der Waals surface area (Å²) in [5.41, 5.74) is 2.52. The van der Waals surface area contributed by atoms with Crippen LogP contribution in [0.25, 0.3) is 11.3 Å². The van der Waals surface area contributed by atoms with Gasteiger partial charge in [-0.1, -0.05) is 31.8 Å². The van der Waals surface area contributed by atoms with E-state index in [0.717, 1.165) is 54.2 Å². The van der Waals surface area contributed by atoms with Crippen molar-refractivity contribution in [2.24, 2.45) is 4.99 Å². The van der Waals surface area contributed by atoms with Crippen molar-refractivity contribution >= 4 is 43.1 Å². The molecule has 1 aliphatic heterocycles. The van der Waals surface area contributed by atoms with E-state index in [1.54, 1.807) is 0 Å². The molecule has 2 aromatic rings. The summed E-state index contributed by atoms with van der Waals surface area (Å²) in [5, 5.41) is 5.64. The lowest BCUT2D eigenvalue weighted by Crippen LogP contribution is -2.48. The second-order valence-electron chi connectivity index (χ2n) is 11.6. The number of amidine groups is 1. The Morgan fingerprint density at radius 1 is 1.11 bits per heavy atom. The van der Waals surface area contributed by atoms with Crippen LogP contribution in [0.2, 0.25) is 25.7 Å². The molecule has 0 bridgehead atoms. The molecule has 0 spiro atoms. The van der Waals surface area contributed by atoms with Crippen molar-refractivity contribution in [1.82, 2.24) is 15.2 Å². The molecule has 0 radical (unpaired) electrons. The van der Waals surface area contributed by atoms with E-state index in [9.17, 15) is 9.59 Å². The number of rotatable bonds is 7. The van der Waals surface area contributed by atoms with Gasteiger partial charge in [0.2, 0.25) is 0 Å². The van der Waals surface area contributed by atoms with Crippen LogP contribution in [0.1, 0.15) is 32.7 Å². The zero-order valence-electron chi connectivity index (χ0n) is 23.7. The maximum atomic E-state index is 12.0. The summed E-state index contributed by atoms with van der Waals surface area (Å²) < 4.78 is 10.6. The van der Waals surface area contributed by atoms with Gasteiger partial charge < -0.3 is 24.6 Å². The fourth-order valence-electron chi connectivity index (χ4n) is 3.79. The lowest BCUT2D eigenvalue weighted by molar-refractivity contribution is 0.0601. The molecule has 2 amide bonds. The smallest absolute Gasteiger partial charge is 0.435 e. The van der Waals surface area contributed by atoms with Gasteiger partial charge >= 0.3 is 12.2 Å². The molecule has 9 nitrogen and oxygen atoms in total. The second kappa shape index (κ2) is 12.7. The van der Waals surface area contributed by atoms with E-state index in [2.05, 4.69) is 69.0 Å². The number of alkyl carbamates (subject to hydrolysis) is 1. The van der Waals surface area contributed by atoms with Gasteiger partial charge in [-0.3, -0.25) is 0 Å². The van der Waals surface area contributed by atoms with Crippen molar-refractivity contribution in [3.63, 3.8) is 0 Å². The molecule has 1 N–H and O–H groups in total. The number of aromatic nitrogens is 1. The predicted molar refractivity (Wildman–Crippen MR) is 157 cm³/mol. The number of carbonyl (C=O) groups is 2. The largest absolute Gasteiger partial charge is 0.450 e. The van der Waals surface area contributed by atoms with Crippen molar-refractivity contribution in [3.8, 4) is 11.3 Å². The average Bonchev–Trinajstić information content (AvgIpc) is 3.30. The summed E-state index contributed by atoms with van der Waals surface area (Å²) in [6.07, 6.45) is -0.942. The predicted octanol–water partition coefficient (Wildman–Crippen LogP) is 5.85. The van der Waals surface area contributed by atoms with Gasteiger partial charge in [0.1, 0.15) is 16.4 Å². The molecule has 38 heavy (non-hydrogen) atoms. The first kappa shape index (κ1) is 29.6. The Labute approximate surface area is 231 Å². The number of aliphatic imine (C=N–C) groups is 1. The van der Waals surface area contributed by atoms with Gasteiger partial charge in [0.15, 0.2) is 0 Å². The van der Waals surface area contributed by atoms with E-state index >= 15 is 0 Å². The Hall–Kier alpha value is -2.92. The summed E-state index contributed by atoms with van der Waals surface area (Å²) in [6.45, 7) is 18.2. The summed E-state index contributed by atoms with van der Waals surface area (Å²) in [4.78, 5) is 37.2. The Morgan fingerprint density at radius 2 is 1.76 bits per heavy atom. The molecule has 2 heterocycles. The normalized spacial score (nSPS) is 14.9. The number of thiazole rings is 1. The van der Waals surface area contributed by atoms with Crippen molar-refractivity contribution in [2.75, 3.05) is 37.7 Å². The summed E-state index contributed by atoms with van der Waals surface area (Å²) >= 11 is 1.52. The van der Waals surface area contributed by atoms with Crippen molar-refractivity contribution in [3.05, 3.63) is 34.7 Å². The number of anilines is 1. The van der Waals surface area contributed by atoms with Crippen LogP contribution in [-0.2, 0) is 16.0 Å². The molecule has 208 valence electrons. The number of benzene rings is 1. The summed E-state index contributed by atoms with van der Waals surface area (Å²) in [5.74, 6) is 0.683. The monoisotopic (exact) mass is 559 g/mol. The first-order valence-electron chi connectivity index (χ1n) is 13.0. The topological polar surface area (TPSA) is 96.4 Å². The number of nitrogens with zero attached hydrogens (tertiary/aromatic N) is 4. The maximum absolute atomic E-state index is 12.0. The minimum absolute atomic E-state index is 0.357. The van der Waals surface area contributed by atoms with Crippen LogP contribution >= 0.6 is 11.3 Å².